The zero-order chi connectivity index (χ0) is 57.0. The molecule has 14 heteroatoms. The molecule has 0 spiro atoms. The number of aliphatic hydroxyl groups excluding tert-OH is 2. The van der Waals surface area contributed by atoms with Gasteiger partial charge in [-0.25, -0.2) is 9.59 Å². The first-order valence-electron chi connectivity index (χ1n) is 28.0. The lowest BCUT2D eigenvalue weighted by Gasteiger charge is -2.26. The van der Waals surface area contributed by atoms with Crippen molar-refractivity contribution >= 4 is 57.7 Å². The largest absolute Gasteiger partial charge is 0.447 e. The first-order valence-corrected chi connectivity index (χ1v) is 28.0. The van der Waals surface area contributed by atoms with E-state index in [0.29, 0.717) is 50.6 Å². The number of amides is 2. The summed E-state index contributed by atoms with van der Waals surface area (Å²) in [7, 11) is 8.17. The average Bonchev–Trinajstić information content (AvgIpc) is 3.50. The number of nitrogens with one attached hydrogen (secondary N) is 2. The molecule has 0 fully saturated rings. The maximum Gasteiger partial charge on any atom is 0.411 e. The van der Waals surface area contributed by atoms with Crippen LogP contribution in [0.1, 0.15) is 80.3 Å². The zero-order valence-electron chi connectivity index (χ0n) is 48.0. The predicted molar refractivity (Wildman–Crippen MR) is 338 cm³/mol. The van der Waals surface area contributed by atoms with Crippen LogP contribution >= 0.6 is 0 Å². The van der Waals surface area contributed by atoms with E-state index < -0.39 is 12.2 Å². The summed E-state index contributed by atoms with van der Waals surface area (Å²) in [5.74, 6) is 0.00457. The fourth-order valence-electron chi connectivity index (χ4n) is 10.2. The van der Waals surface area contributed by atoms with Crippen LogP contribution in [-0.2, 0) is 9.47 Å². The van der Waals surface area contributed by atoms with Crippen molar-refractivity contribution in [2.75, 3.05) is 147 Å². The van der Waals surface area contributed by atoms with Gasteiger partial charge in [0, 0.05) is 125 Å². The molecule has 430 valence electrons. The van der Waals surface area contributed by atoms with Crippen LogP contribution in [0.15, 0.2) is 170 Å². The number of nitrogens with zero attached hydrogens (tertiary/aromatic N) is 6. The number of rotatable bonds is 28. The van der Waals surface area contributed by atoms with Crippen molar-refractivity contribution in [3.63, 3.8) is 0 Å². The molecule has 0 aliphatic heterocycles. The standard InChI is InChI=1S/C66H82N8O6.CH4/c1-9-71(40-44-75)59-32-20-51(21-33-59)63(49-16-28-57(29-17-49)69(5)6)53-24-36-61(37-25-53)73(11-3)42-46-79-65(77)67-55-14-13-15-56(48-55)68-66(78)80-47-43-74(12-4)62-38-26-54(27-39-62)64(50-18-30-58(31-19-50)70(7)8)52-22-34-60(35-23-52)72(10-2)41-45-76;/h13-39,48,63-64,75-76H,9-12,40-47H2,1-8H3,(H,67,77)(H,68,78);1H4. The Labute approximate surface area is 482 Å². The second kappa shape index (κ2) is 31.0. The van der Waals surface area contributed by atoms with Gasteiger partial charge in [0.1, 0.15) is 13.2 Å². The van der Waals surface area contributed by atoms with E-state index >= 15 is 0 Å². The van der Waals surface area contributed by atoms with Crippen LogP contribution in [0.5, 0.6) is 0 Å². The van der Waals surface area contributed by atoms with Crippen molar-refractivity contribution < 1.29 is 29.3 Å². The quantitative estimate of drug-likeness (QED) is 0.0348. The van der Waals surface area contributed by atoms with E-state index in [2.05, 4.69) is 213 Å². The summed E-state index contributed by atoms with van der Waals surface area (Å²) >= 11 is 0. The minimum Gasteiger partial charge on any atom is -0.447 e. The Bertz CT molecular complexity index is 2770. The van der Waals surface area contributed by atoms with Gasteiger partial charge < -0.3 is 49.1 Å². The van der Waals surface area contributed by atoms with E-state index in [9.17, 15) is 19.8 Å². The highest BCUT2D eigenvalue weighted by Gasteiger charge is 2.21. The van der Waals surface area contributed by atoms with Gasteiger partial charge >= 0.3 is 12.2 Å². The minimum absolute atomic E-state index is 0. The lowest BCUT2D eigenvalue weighted by molar-refractivity contribution is 0.163. The minimum atomic E-state index is -0.599. The Balaban J connectivity index is 0.0000106. The average molecular weight is 1100 g/mol. The topological polar surface area (TPSA) is 137 Å². The molecular formula is C67H86N8O6. The SMILES string of the molecule is C.CCN(CCO)c1ccc(C(c2ccc(N(C)C)cc2)c2ccc(N(CC)CCOC(=O)Nc3cccc(NC(=O)OCCN(CC)c4ccc(C(c5ccc(N(C)C)cc5)c5ccc(N(CC)CCO)cc5)cc4)c3)cc2)cc1. The maximum atomic E-state index is 13.0. The van der Waals surface area contributed by atoms with Gasteiger partial charge in [-0.3, -0.25) is 10.6 Å². The van der Waals surface area contributed by atoms with Gasteiger partial charge in [0.2, 0.25) is 0 Å². The maximum absolute atomic E-state index is 13.0. The second-order valence-corrected chi connectivity index (χ2v) is 20.1. The molecule has 7 aromatic carbocycles. The fourth-order valence-corrected chi connectivity index (χ4v) is 10.2. The summed E-state index contributed by atoms with van der Waals surface area (Å²) in [4.78, 5) is 38.9. The molecule has 0 bridgehead atoms. The molecule has 2 atom stereocenters. The third kappa shape index (κ3) is 16.9. The number of hydrogen-bond donors (Lipinski definition) is 4. The van der Waals surface area contributed by atoms with E-state index in [1.165, 1.54) is 22.3 Å². The van der Waals surface area contributed by atoms with Gasteiger partial charge in [0.15, 0.2) is 0 Å². The lowest BCUT2D eigenvalue weighted by Crippen LogP contribution is -2.29. The number of ether oxygens (including phenoxy) is 2. The smallest absolute Gasteiger partial charge is 0.411 e. The number of aliphatic hydroxyl groups is 2. The molecule has 0 aromatic heterocycles. The summed E-state index contributed by atoms with van der Waals surface area (Å²) in [6.45, 7) is 14.1. The van der Waals surface area contributed by atoms with Gasteiger partial charge in [-0.15, -0.1) is 0 Å². The molecule has 0 heterocycles. The summed E-state index contributed by atoms with van der Waals surface area (Å²) in [6.07, 6.45) is -1.20. The number of hydrogen-bond acceptors (Lipinski definition) is 12. The normalized spacial score (nSPS) is 11.6. The Morgan fingerprint density at radius 3 is 0.877 bits per heavy atom. The van der Waals surface area contributed by atoms with Crippen molar-refractivity contribution in [1.29, 1.82) is 0 Å². The van der Waals surface area contributed by atoms with Crippen LogP contribution < -0.4 is 40.0 Å². The summed E-state index contributed by atoms with van der Waals surface area (Å²) in [6, 6.07) is 58.8. The number of carbonyl (C=O) groups excluding carboxylic acids is 2. The number of anilines is 8. The third-order valence-corrected chi connectivity index (χ3v) is 14.7. The van der Waals surface area contributed by atoms with Crippen molar-refractivity contribution in [2.24, 2.45) is 0 Å². The zero-order valence-corrected chi connectivity index (χ0v) is 48.0. The van der Waals surface area contributed by atoms with Gasteiger partial charge in [-0.05, 0) is 152 Å². The molecule has 4 N–H and O–H groups in total. The van der Waals surface area contributed by atoms with Crippen LogP contribution in [0.2, 0.25) is 0 Å². The van der Waals surface area contributed by atoms with Crippen molar-refractivity contribution in [1.82, 2.24) is 0 Å². The van der Waals surface area contributed by atoms with Crippen LogP contribution in [0.4, 0.5) is 55.1 Å². The van der Waals surface area contributed by atoms with E-state index in [0.717, 1.165) is 58.3 Å². The molecule has 0 radical (unpaired) electrons. The lowest BCUT2D eigenvalue weighted by atomic mass is 9.85. The van der Waals surface area contributed by atoms with Gasteiger partial charge in [-0.2, -0.15) is 0 Å². The molecule has 7 rings (SSSR count). The molecule has 0 aliphatic carbocycles. The Hall–Kier alpha value is -8.20. The predicted octanol–water partition coefficient (Wildman–Crippen LogP) is 12.6. The molecule has 0 aliphatic rings. The third-order valence-electron chi connectivity index (χ3n) is 14.7. The second-order valence-electron chi connectivity index (χ2n) is 20.1. The number of carbonyl (C=O) groups is 2. The first-order chi connectivity index (χ1) is 38.9. The molecule has 0 saturated heterocycles. The molecular weight excluding hydrogens is 1010 g/mol. The molecule has 14 nitrogen and oxygen atoms in total. The van der Waals surface area contributed by atoms with Gasteiger partial charge in [0.25, 0.3) is 0 Å². The number of likely N-dealkylation sites (N-methyl/N-ethyl adjacent to an activating group) is 4. The summed E-state index contributed by atoms with van der Waals surface area (Å²) in [5.41, 5.74) is 14.4. The van der Waals surface area contributed by atoms with Crippen molar-refractivity contribution in [3.8, 4) is 0 Å². The van der Waals surface area contributed by atoms with Crippen molar-refractivity contribution in [3.05, 3.63) is 203 Å². The molecule has 81 heavy (non-hydrogen) atoms. The van der Waals surface area contributed by atoms with E-state index in [1.54, 1.807) is 24.3 Å². The summed E-state index contributed by atoms with van der Waals surface area (Å²) < 4.78 is 11.3. The van der Waals surface area contributed by atoms with E-state index in [1.807, 2.05) is 28.2 Å². The van der Waals surface area contributed by atoms with Gasteiger partial charge in [0.05, 0.1) is 26.3 Å². The van der Waals surface area contributed by atoms with Crippen LogP contribution in [0, 0.1) is 0 Å². The van der Waals surface area contributed by atoms with Crippen LogP contribution in [0.3, 0.4) is 0 Å². The Morgan fingerprint density at radius 1 is 0.395 bits per heavy atom. The highest BCUT2D eigenvalue weighted by Crippen LogP contribution is 2.37. The van der Waals surface area contributed by atoms with E-state index in [4.69, 9.17) is 9.47 Å². The fraction of sp³-hybridized carbons (Fsp3) is 0.343. The monoisotopic (exact) mass is 1100 g/mol. The summed E-state index contributed by atoms with van der Waals surface area (Å²) in [5, 5.41) is 24.8. The molecule has 0 saturated carbocycles. The Morgan fingerprint density at radius 2 is 0.642 bits per heavy atom. The molecule has 2 unspecified atom stereocenters. The number of benzene rings is 7. The molecule has 7 aromatic rings. The molecule has 2 amide bonds. The van der Waals surface area contributed by atoms with Crippen LogP contribution in [-0.4, -0.2) is 129 Å². The Kier molecular flexibility index (Phi) is 23.7. The van der Waals surface area contributed by atoms with E-state index in [-0.39, 0.29) is 45.7 Å². The van der Waals surface area contributed by atoms with Crippen LogP contribution in [0.25, 0.3) is 0 Å². The van der Waals surface area contributed by atoms with Crippen molar-refractivity contribution in [2.45, 2.75) is 47.0 Å². The first kappa shape index (κ1) is 62.0. The highest BCUT2D eigenvalue weighted by atomic mass is 16.6. The van der Waals surface area contributed by atoms with Gasteiger partial charge in [-0.1, -0.05) is 86.3 Å². The highest BCUT2D eigenvalue weighted by molar-refractivity contribution is 5.88.